The topological polar surface area (TPSA) is 40.5 Å². The lowest BCUT2D eigenvalue weighted by molar-refractivity contribution is 0.0767. The molecule has 0 spiro atoms. The van der Waals surface area contributed by atoms with Gasteiger partial charge in [-0.25, -0.2) is 0 Å². The van der Waals surface area contributed by atoms with Crippen molar-refractivity contribution >= 4 is 73.7 Å². The summed E-state index contributed by atoms with van der Waals surface area (Å²) < 4.78 is 3.14. The standard InChI is InChI=1S/C12H14I3NO2/c1-7(17)3-4-16(2)12(18)9-5-8(13)6-10(14)11(9)15/h5-7,17H,3-4H2,1-2H3. The molecule has 1 rings (SSSR count). The SMILES string of the molecule is CC(O)CCN(C)C(=O)c1cc(I)cc(I)c1I. The monoisotopic (exact) mass is 585 g/mol. The Kier molecular flexibility index (Phi) is 7.11. The highest BCUT2D eigenvalue weighted by atomic mass is 127. The number of amides is 1. The van der Waals surface area contributed by atoms with Gasteiger partial charge in [0.15, 0.2) is 0 Å². The van der Waals surface area contributed by atoms with E-state index in [1.165, 1.54) is 0 Å². The fourth-order valence-electron chi connectivity index (χ4n) is 1.40. The fraction of sp³-hybridized carbons (Fsp3) is 0.417. The van der Waals surface area contributed by atoms with Crippen LogP contribution in [0.2, 0.25) is 0 Å². The zero-order valence-electron chi connectivity index (χ0n) is 10.1. The Morgan fingerprint density at radius 3 is 2.56 bits per heavy atom. The number of halogens is 3. The molecule has 0 bridgehead atoms. The molecule has 0 aromatic heterocycles. The minimum atomic E-state index is -0.379. The number of nitrogens with zero attached hydrogens (tertiary/aromatic N) is 1. The molecule has 0 saturated heterocycles. The largest absolute Gasteiger partial charge is 0.393 e. The van der Waals surface area contributed by atoms with Crippen LogP contribution in [0.1, 0.15) is 23.7 Å². The molecule has 1 aromatic carbocycles. The van der Waals surface area contributed by atoms with Crippen molar-refractivity contribution in [1.29, 1.82) is 0 Å². The van der Waals surface area contributed by atoms with Crippen molar-refractivity contribution in [2.24, 2.45) is 0 Å². The Labute approximate surface area is 148 Å². The molecule has 1 atom stereocenters. The highest BCUT2D eigenvalue weighted by Gasteiger charge is 2.17. The van der Waals surface area contributed by atoms with Gasteiger partial charge in [0.05, 0.1) is 11.7 Å². The molecule has 1 N–H and O–H groups in total. The van der Waals surface area contributed by atoms with Crippen LogP contribution in [0.4, 0.5) is 0 Å². The minimum absolute atomic E-state index is 0.0106. The second-order valence-corrected chi connectivity index (χ2v) is 7.60. The van der Waals surface area contributed by atoms with E-state index >= 15 is 0 Å². The van der Waals surface area contributed by atoms with E-state index in [2.05, 4.69) is 73.8 Å². The lowest BCUT2D eigenvalue weighted by atomic mass is 10.2. The summed E-state index contributed by atoms with van der Waals surface area (Å²) in [5, 5.41) is 9.25. The highest BCUT2D eigenvalue weighted by Crippen LogP contribution is 2.23. The molecule has 0 aliphatic rings. The van der Waals surface area contributed by atoms with Crippen LogP contribution in [-0.4, -0.2) is 35.6 Å². The number of aliphatic hydroxyl groups excluding tert-OH is 1. The Morgan fingerprint density at radius 2 is 2.00 bits per heavy atom. The summed E-state index contributed by atoms with van der Waals surface area (Å²) in [4.78, 5) is 14.0. The quantitative estimate of drug-likeness (QED) is 0.436. The molecule has 3 nitrogen and oxygen atoms in total. The lowest BCUT2D eigenvalue weighted by Gasteiger charge is -2.19. The zero-order chi connectivity index (χ0) is 13.9. The van der Waals surface area contributed by atoms with Crippen LogP contribution in [0, 0.1) is 10.7 Å². The molecule has 1 aromatic rings. The summed E-state index contributed by atoms with van der Waals surface area (Å²) in [7, 11) is 1.77. The molecule has 6 heteroatoms. The molecular formula is C12H14I3NO2. The lowest BCUT2D eigenvalue weighted by Crippen LogP contribution is -2.30. The first-order valence-electron chi connectivity index (χ1n) is 5.41. The third-order valence-corrected chi connectivity index (χ3v) is 6.12. The predicted octanol–water partition coefficient (Wildman–Crippen LogP) is 3.34. The van der Waals surface area contributed by atoms with E-state index in [4.69, 9.17) is 0 Å². The van der Waals surface area contributed by atoms with Gasteiger partial charge in [-0.2, -0.15) is 0 Å². The molecule has 18 heavy (non-hydrogen) atoms. The molecule has 1 amide bonds. The smallest absolute Gasteiger partial charge is 0.254 e. The van der Waals surface area contributed by atoms with Gasteiger partial charge < -0.3 is 10.0 Å². The van der Waals surface area contributed by atoms with E-state index in [9.17, 15) is 9.90 Å². The van der Waals surface area contributed by atoms with E-state index in [1.54, 1.807) is 18.9 Å². The van der Waals surface area contributed by atoms with Crippen molar-refractivity contribution in [3.8, 4) is 0 Å². The zero-order valence-corrected chi connectivity index (χ0v) is 16.6. The summed E-state index contributed by atoms with van der Waals surface area (Å²) in [5.41, 5.74) is 0.736. The van der Waals surface area contributed by atoms with Gasteiger partial charge in [0, 0.05) is 24.3 Å². The van der Waals surface area contributed by atoms with Crippen LogP contribution in [0.25, 0.3) is 0 Å². The van der Waals surface area contributed by atoms with Gasteiger partial charge in [0.2, 0.25) is 0 Å². The first-order chi connectivity index (χ1) is 8.32. The number of hydrogen-bond donors (Lipinski definition) is 1. The molecule has 0 fully saturated rings. The normalized spacial score (nSPS) is 12.3. The average molecular weight is 585 g/mol. The fourth-order valence-corrected chi connectivity index (χ4v) is 3.79. The number of carbonyl (C=O) groups is 1. The van der Waals surface area contributed by atoms with Crippen LogP contribution in [0.3, 0.4) is 0 Å². The van der Waals surface area contributed by atoms with E-state index < -0.39 is 0 Å². The van der Waals surface area contributed by atoms with Crippen LogP contribution in [-0.2, 0) is 0 Å². The molecule has 1 unspecified atom stereocenters. The number of rotatable bonds is 4. The molecule has 100 valence electrons. The van der Waals surface area contributed by atoms with Crippen LogP contribution >= 0.6 is 67.8 Å². The molecule has 0 saturated carbocycles. The summed E-state index contributed by atoms with van der Waals surface area (Å²) in [6, 6.07) is 3.96. The number of benzene rings is 1. The van der Waals surface area contributed by atoms with Crippen LogP contribution < -0.4 is 0 Å². The summed E-state index contributed by atoms with van der Waals surface area (Å²) in [6.45, 7) is 2.30. The van der Waals surface area contributed by atoms with Crippen molar-refractivity contribution in [2.75, 3.05) is 13.6 Å². The van der Waals surface area contributed by atoms with Gasteiger partial charge in [0.1, 0.15) is 0 Å². The van der Waals surface area contributed by atoms with Crippen molar-refractivity contribution in [3.63, 3.8) is 0 Å². The van der Waals surface area contributed by atoms with Crippen molar-refractivity contribution < 1.29 is 9.90 Å². The van der Waals surface area contributed by atoms with E-state index in [0.29, 0.717) is 13.0 Å². The maximum Gasteiger partial charge on any atom is 0.254 e. The molecule has 0 radical (unpaired) electrons. The van der Waals surface area contributed by atoms with Gasteiger partial charge in [-0.1, -0.05) is 0 Å². The van der Waals surface area contributed by atoms with Gasteiger partial charge in [0.25, 0.3) is 5.91 Å². The molecular weight excluding hydrogens is 571 g/mol. The van der Waals surface area contributed by atoms with Crippen molar-refractivity contribution in [1.82, 2.24) is 4.90 Å². The summed E-state index contributed by atoms with van der Waals surface area (Å²) >= 11 is 6.66. The van der Waals surface area contributed by atoms with E-state index in [1.807, 2.05) is 6.07 Å². The minimum Gasteiger partial charge on any atom is -0.393 e. The summed E-state index contributed by atoms with van der Waals surface area (Å²) in [5.74, 6) is 0.0106. The number of aliphatic hydroxyl groups is 1. The van der Waals surface area contributed by atoms with Crippen molar-refractivity contribution in [2.45, 2.75) is 19.4 Å². The van der Waals surface area contributed by atoms with Crippen LogP contribution in [0.15, 0.2) is 12.1 Å². The Balaban J connectivity index is 2.90. The Bertz CT molecular complexity index is 449. The number of carbonyl (C=O) groups excluding carboxylic acids is 1. The highest BCUT2D eigenvalue weighted by molar-refractivity contribution is 14.1. The Morgan fingerprint density at radius 1 is 1.39 bits per heavy atom. The van der Waals surface area contributed by atoms with Gasteiger partial charge >= 0.3 is 0 Å². The van der Waals surface area contributed by atoms with Gasteiger partial charge in [-0.05, 0) is 93.2 Å². The number of hydrogen-bond acceptors (Lipinski definition) is 2. The average Bonchev–Trinajstić information content (AvgIpc) is 2.29. The van der Waals surface area contributed by atoms with Crippen LogP contribution in [0.5, 0.6) is 0 Å². The second kappa shape index (κ2) is 7.58. The predicted molar refractivity (Wildman–Crippen MR) is 97.9 cm³/mol. The Hall–Kier alpha value is 0.840. The molecule has 0 aliphatic carbocycles. The maximum absolute atomic E-state index is 12.3. The summed E-state index contributed by atoms with van der Waals surface area (Å²) in [6.07, 6.45) is 0.218. The van der Waals surface area contributed by atoms with Gasteiger partial charge in [-0.3, -0.25) is 4.79 Å². The third-order valence-electron chi connectivity index (χ3n) is 2.45. The molecule has 0 aliphatic heterocycles. The van der Waals surface area contributed by atoms with Gasteiger partial charge in [-0.15, -0.1) is 0 Å². The maximum atomic E-state index is 12.3. The van der Waals surface area contributed by atoms with Crippen molar-refractivity contribution in [3.05, 3.63) is 28.4 Å². The molecule has 0 heterocycles. The van der Waals surface area contributed by atoms with E-state index in [-0.39, 0.29) is 12.0 Å². The second-order valence-electron chi connectivity index (χ2n) is 4.11. The first kappa shape index (κ1) is 16.9. The first-order valence-corrected chi connectivity index (χ1v) is 8.64. The third kappa shape index (κ3) is 4.75. The van der Waals surface area contributed by atoms with E-state index in [0.717, 1.165) is 16.3 Å².